The highest BCUT2D eigenvalue weighted by atomic mass is 16.1. The van der Waals surface area contributed by atoms with Crippen LogP contribution in [0.4, 0.5) is 5.82 Å². The summed E-state index contributed by atoms with van der Waals surface area (Å²) in [6, 6.07) is 7.45. The first kappa shape index (κ1) is 12.2. The summed E-state index contributed by atoms with van der Waals surface area (Å²) >= 11 is 0. The SMILES string of the molecule is Nc1ncc(C(=O)NCc2cn[nH]c2)c2ccccc12. The molecule has 20 heavy (non-hydrogen) atoms. The van der Waals surface area contributed by atoms with Crippen LogP contribution in [0, 0.1) is 0 Å². The zero-order chi connectivity index (χ0) is 13.9. The molecule has 0 spiro atoms. The van der Waals surface area contributed by atoms with Crippen molar-refractivity contribution in [2.75, 3.05) is 5.73 Å². The third-order valence-electron chi connectivity index (χ3n) is 3.08. The molecule has 2 heterocycles. The fourth-order valence-corrected chi connectivity index (χ4v) is 2.05. The molecule has 0 aliphatic rings. The molecule has 0 atom stereocenters. The number of amides is 1. The van der Waals surface area contributed by atoms with E-state index in [4.69, 9.17) is 5.73 Å². The summed E-state index contributed by atoms with van der Waals surface area (Å²) in [6.45, 7) is 0.411. The van der Waals surface area contributed by atoms with Crippen molar-refractivity contribution < 1.29 is 4.79 Å². The highest BCUT2D eigenvalue weighted by molar-refractivity contribution is 6.08. The lowest BCUT2D eigenvalue weighted by molar-refractivity contribution is 0.0952. The van der Waals surface area contributed by atoms with Crippen LogP contribution >= 0.6 is 0 Å². The molecule has 0 fully saturated rings. The van der Waals surface area contributed by atoms with E-state index in [1.165, 1.54) is 6.20 Å². The van der Waals surface area contributed by atoms with Gasteiger partial charge in [-0.2, -0.15) is 5.10 Å². The number of nitrogens with two attached hydrogens (primary N) is 1. The Kier molecular flexibility index (Phi) is 3.04. The molecular weight excluding hydrogens is 254 g/mol. The summed E-state index contributed by atoms with van der Waals surface area (Å²) in [5, 5.41) is 10.9. The fraction of sp³-hybridized carbons (Fsp3) is 0.0714. The Labute approximate surface area is 115 Å². The van der Waals surface area contributed by atoms with Crippen molar-refractivity contribution in [1.82, 2.24) is 20.5 Å². The number of nitrogens with one attached hydrogen (secondary N) is 2. The second-order valence-electron chi connectivity index (χ2n) is 4.39. The molecule has 0 saturated carbocycles. The van der Waals surface area contributed by atoms with E-state index in [-0.39, 0.29) is 5.91 Å². The zero-order valence-corrected chi connectivity index (χ0v) is 10.6. The minimum Gasteiger partial charge on any atom is -0.383 e. The quantitative estimate of drug-likeness (QED) is 0.669. The largest absolute Gasteiger partial charge is 0.383 e. The van der Waals surface area contributed by atoms with Crippen LogP contribution in [0.2, 0.25) is 0 Å². The lowest BCUT2D eigenvalue weighted by Crippen LogP contribution is -2.23. The number of carbonyl (C=O) groups is 1. The summed E-state index contributed by atoms with van der Waals surface area (Å²) in [7, 11) is 0. The third kappa shape index (κ3) is 2.18. The number of nitrogen functional groups attached to an aromatic ring is 1. The number of hydrogen-bond donors (Lipinski definition) is 3. The molecule has 3 rings (SSSR count). The van der Waals surface area contributed by atoms with Crippen LogP contribution in [0.1, 0.15) is 15.9 Å². The van der Waals surface area contributed by atoms with Gasteiger partial charge in [0.05, 0.1) is 11.8 Å². The molecule has 6 nitrogen and oxygen atoms in total. The molecule has 6 heteroatoms. The summed E-state index contributed by atoms with van der Waals surface area (Å²) in [5.41, 5.74) is 7.24. The lowest BCUT2D eigenvalue weighted by atomic mass is 10.1. The fourth-order valence-electron chi connectivity index (χ4n) is 2.05. The van der Waals surface area contributed by atoms with E-state index in [2.05, 4.69) is 20.5 Å². The van der Waals surface area contributed by atoms with E-state index < -0.39 is 0 Å². The van der Waals surface area contributed by atoms with Gasteiger partial charge in [0, 0.05) is 29.9 Å². The number of rotatable bonds is 3. The number of hydrogen-bond acceptors (Lipinski definition) is 4. The first-order valence-electron chi connectivity index (χ1n) is 6.15. The van der Waals surface area contributed by atoms with E-state index in [1.807, 2.05) is 24.3 Å². The number of carbonyl (C=O) groups excluding carboxylic acids is 1. The van der Waals surface area contributed by atoms with E-state index in [9.17, 15) is 4.79 Å². The van der Waals surface area contributed by atoms with E-state index >= 15 is 0 Å². The smallest absolute Gasteiger partial charge is 0.253 e. The number of nitrogens with zero attached hydrogens (tertiary/aromatic N) is 2. The maximum Gasteiger partial charge on any atom is 0.253 e. The molecule has 0 saturated heterocycles. The van der Waals surface area contributed by atoms with Crippen molar-refractivity contribution in [3.05, 3.63) is 54.0 Å². The van der Waals surface area contributed by atoms with Gasteiger partial charge < -0.3 is 11.1 Å². The van der Waals surface area contributed by atoms with Gasteiger partial charge in [-0.15, -0.1) is 0 Å². The van der Waals surface area contributed by atoms with Crippen molar-refractivity contribution in [2.45, 2.75) is 6.54 Å². The Bertz CT molecular complexity index is 751. The molecular formula is C14H13N5O. The molecule has 0 aliphatic heterocycles. The van der Waals surface area contributed by atoms with Gasteiger partial charge in [0.25, 0.3) is 5.91 Å². The molecule has 1 amide bonds. The van der Waals surface area contributed by atoms with Crippen LogP contribution in [0.5, 0.6) is 0 Å². The summed E-state index contributed by atoms with van der Waals surface area (Å²) in [6.07, 6.45) is 4.90. The monoisotopic (exact) mass is 267 g/mol. The van der Waals surface area contributed by atoms with E-state index in [0.29, 0.717) is 17.9 Å². The minimum absolute atomic E-state index is 0.185. The van der Waals surface area contributed by atoms with E-state index in [0.717, 1.165) is 16.3 Å². The van der Waals surface area contributed by atoms with Gasteiger partial charge >= 0.3 is 0 Å². The number of H-pyrrole nitrogens is 1. The molecule has 2 aromatic heterocycles. The van der Waals surface area contributed by atoms with Crippen LogP contribution in [0.3, 0.4) is 0 Å². The second kappa shape index (κ2) is 5.00. The average molecular weight is 267 g/mol. The molecule has 3 aromatic rings. The summed E-state index contributed by atoms with van der Waals surface area (Å²) in [5.74, 6) is 0.238. The van der Waals surface area contributed by atoms with Crippen LogP contribution in [-0.2, 0) is 6.54 Å². The average Bonchev–Trinajstić information content (AvgIpc) is 2.99. The molecule has 1 aromatic carbocycles. The van der Waals surface area contributed by atoms with Gasteiger partial charge in [0.2, 0.25) is 0 Å². The minimum atomic E-state index is -0.185. The number of aromatic nitrogens is 3. The Balaban J connectivity index is 1.90. The van der Waals surface area contributed by atoms with Crippen LogP contribution in [0.25, 0.3) is 10.8 Å². The topological polar surface area (TPSA) is 96.7 Å². The van der Waals surface area contributed by atoms with Gasteiger partial charge in [-0.3, -0.25) is 9.89 Å². The van der Waals surface area contributed by atoms with Crippen LogP contribution in [-0.4, -0.2) is 21.1 Å². The molecule has 0 aliphatic carbocycles. The van der Waals surface area contributed by atoms with Crippen molar-refractivity contribution in [3.8, 4) is 0 Å². The highest BCUT2D eigenvalue weighted by Crippen LogP contribution is 2.22. The Morgan fingerprint density at radius 2 is 2.05 bits per heavy atom. The van der Waals surface area contributed by atoms with Crippen molar-refractivity contribution in [1.29, 1.82) is 0 Å². The standard InChI is InChI=1S/C14H13N5O/c15-13-11-4-2-1-3-10(11)12(8-16-13)14(20)17-5-9-6-18-19-7-9/h1-4,6-8H,5H2,(H2,15,16)(H,17,20)(H,18,19). The van der Waals surface area contributed by atoms with Crippen molar-refractivity contribution in [2.24, 2.45) is 0 Å². The maximum absolute atomic E-state index is 12.2. The normalized spacial score (nSPS) is 10.6. The van der Waals surface area contributed by atoms with E-state index in [1.54, 1.807) is 12.4 Å². The van der Waals surface area contributed by atoms with Gasteiger partial charge in [-0.05, 0) is 5.39 Å². The number of pyridine rings is 1. The third-order valence-corrected chi connectivity index (χ3v) is 3.08. The van der Waals surface area contributed by atoms with Gasteiger partial charge in [0.15, 0.2) is 0 Å². The van der Waals surface area contributed by atoms with Gasteiger partial charge in [0.1, 0.15) is 5.82 Å². The molecule has 100 valence electrons. The van der Waals surface area contributed by atoms with Crippen LogP contribution < -0.4 is 11.1 Å². The Morgan fingerprint density at radius 3 is 2.80 bits per heavy atom. The number of benzene rings is 1. The zero-order valence-electron chi connectivity index (χ0n) is 10.6. The lowest BCUT2D eigenvalue weighted by Gasteiger charge is -2.08. The predicted octanol–water partition coefficient (Wildman–Crippen LogP) is 1.47. The predicted molar refractivity (Wildman–Crippen MR) is 75.9 cm³/mol. The molecule has 0 unspecified atom stereocenters. The molecule has 0 bridgehead atoms. The number of anilines is 1. The number of fused-ring (bicyclic) bond motifs is 1. The Hall–Kier alpha value is -2.89. The highest BCUT2D eigenvalue weighted by Gasteiger charge is 2.12. The summed E-state index contributed by atoms with van der Waals surface area (Å²) < 4.78 is 0. The van der Waals surface area contributed by atoms with Gasteiger partial charge in [-0.25, -0.2) is 4.98 Å². The number of aromatic amines is 1. The first-order valence-corrected chi connectivity index (χ1v) is 6.15. The molecule has 0 radical (unpaired) electrons. The van der Waals surface area contributed by atoms with Gasteiger partial charge in [-0.1, -0.05) is 24.3 Å². The van der Waals surface area contributed by atoms with Crippen molar-refractivity contribution in [3.63, 3.8) is 0 Å². The second-order valence-corrected chi connectivity index (χ2v) is 4.39. The van der Waals surface area contributed by atoms with Crippen LogP contribution in [0.15, 0.2) is 42.9 Å². The first-order chi connectivity index (χ1) is 9.75. The Morgan fingerprint density at radius 1 is 1.25 bits per heavy atom. The molecule has 4 N–H and O–H groups in total. The summed E-state index contributed by atoms with van der Waals surface area (Å²) in [4.78, 5) is 16.3. The van der Waals surface area contributed by atoms with Crippen molar-refractivity contribution >= 4 is 22.5 Å². The maximum atomic E-state index is 12.2.